The number of rotatable bonds is 5. The molecule has 0 bridgehead atoms. The molecule has 1 atom stereocenters. The molecule has 0 aliphatic carbocycles. The number of aryl methyl sites for hydroxylation is 1. The highest BCUT2D eigenvalue weighted by Crippen LogP contribution is 2.24. The van der Waals surface area contributed by atoms with Crippen LogP contribution in [0.1, 0.15) is 30.1 Å². The third-order valence-electron chi connectivity index (χ3n) is 2.49. The van der Waals surface area contributed by atoms with Gasteiger partial charge >= 0.3 is 0 Å². The zero-order valence-corrected chi connectivity index (χ0v) is 9.36. The number of hydrogen-bond donors (Lipinski definition) is 2. The maximum absolute atomic E-state index is 9.84. The van der Waals surface area contributed by atoms with Crippen LogP contribution in [0.2, 0.25) is 0 Å². The van der Waals surface area contributed by atoms with Crippen molar-refractivity contribution >= 4 is 0 Å². The molecule has 1 aromatic rings. The Morgan fingerprint density at radius 1 is 1.47 bits per heavy atom. The Hall–Kier alpha value is -1.06. The molecule has 0 saturated carbocycles. The van der Waals surface area contributed by atoms with Crippen molar-refractivity contribution in [2.75, 3.05) is 13.7 Å². The molecule has 0 aliphatic rings. The molecule has 3 N–H and O–H groups in total. The van der Waals surface area contributed by atoms with Crippen molar-refractivity contribution < 1.29 is 9.84 Å². The predicted molar refractivity (Wildman–Crippen MR) is 61.0 cm³/mol. The van der Waals surface area contributed by atoms with Crippen LogP contribution in [0.5, 0.6) is 5.75 Å². The van der Waals surface area contributed by atoms with Crippen molar-refractivity contribution in [1.29, 1.82) is 0 Å². The van der Waals surface area contributed by atoms with Crippen molar-refractivity contribution in [2.45, 2.75) is 25.9 Å². The molecule has 1 rings (SSSR count). The molecule has 1 unspecified atom stereocenters. The van der Waals surface area contributed by atoms with E-state index < -0.39 is 6.10 Å². The average molecular weight is 209 g/mol. The summed E-state index contributed by atoms with van der Waals surface area (Å²) in [4.78, 5) is 0. The van der Waals surface area contributed by atoms with E-state index in [1.807, 2.05) is 25.1 Å². The van der Waals surface area contributed by atoms with Gasteiger partial charge in [0.25, 0.3) is 0 Å². The predicted octanol–water partition coefficient (Wildman–Crippen LogP) is 1.78. The van der Waals surface area contributed by atoms with Crippen LogP contribution in [0.4, 0.5) is 0 Å². The lowest BCUT2D eigenvalue weighted by Crippen LogP contribution is -2.04. The molecule has 0 aliphatic heterocycles. The maximum Gasteiger partial charge on any atom is 0.121 e. The van der Waals surface area contributed by atoms with E-state index in [0.717, 1.165) is 23.3 Å². The summed E-state index contributed by atoms with van der Waals surface area (Å²) in [5.41, 5.74) is 7.37. The minimum Gasteiger partial charge on any atom is -0.496 e. The second-order valence-corrected chi connectivity index (χ2v) is 3.68. The summed E-state index contributed by atoms with van der Waals surface area (Å²) in [6.45, 7) is 2.59. The summed E-state index contributed by atoms with van der Waals surface area (Å²) in [6, 6.07) is 5.74. The van der Waals surface area contributed by atoms with E-state index in [0.29, 0.717) is 13.0 Å². The largest absolute Gasteiger partial charge is 0.496 e. The monoisotopic (exact) mass is 209 g/mol. The zero-order chi connectivity index (χ0) is 11.3. The standard InChI is InChI=1S/C12H19NO2/c1-9-8-10(5-6-12(9)15-2)11(14)4-3-7-13/h5-6,8,11,14H,3-4,7,13H2,1-2H3. The topological polar surface area (TPSA) is 55.5 Å². The van der Waals surface area contributed by atoms with Crippen LogP contribution >= 0.6 is 0 Å². The van der Waals surface area contributed by atoms with Crippen molar-refractivity contribution in [3.05, 3.63) is 29.3 Å². The molecule has 0 radical (unpaired) electrons. The van der Waals surface area contributed by atoms with E-state index in [4.69, 9.17) is 10.5 Å². The lowest BCUT2D eigenvalue weighted by Gasteiger charge is -2.12. The van der Waals surface area contributed by atoms with Crippen LogP contribution in [-0.2, 0) is 0 Å². The van der Waals surface area contributed by atoms with E-state index in [9.17, 15) is 5.11 Å². The Kier molecular flexibility index (Phi) is 4.59. The van der Waals surface area contributed by atoms with E-state index >= 15 is 0 Å². The Labute approximate surface area is 90.9 Å². The second kappa shape index (κ2) is 5.73. The minimum absolute atomic E-state index is 0.418. The van der Waals surface area contributed by atoms with Gasteiger partial charge in [0, 0.05) is 0 Å². The first-order chi connectivity index (χ1) is 7.19. The van der Waals surface area contributed by atoms with E-state index in [1.54, 1.807) is 7.11 Å². The number of nitrogens with two attached hydrogens (primary N) is 1. The third-order valence-corrected chi connectivity index (χ3v) is 2.49. The van der Waals surface area contributed by atoms with Crippen molar-refractivity contribution in [1.82, 2.24) is 0 Å². The van der Waals surface area contributed by atoms with Gasteiger partial charge in [0.05, 0.1) is 13.2 Å². The zero-order valence-electron chi connectivity index (χ0n) is 9.36. The highest BCUT2D eigenvalue weighted by atomic mass is 16.5. The minimum atomic E-state index is -0.418. The quantitative estimate of drug-likeness (QED) is 0.777. The Morgan fingerprint density at radius 2 is 2.20 bits per heavy atom. The Morgan fingerprint density at radius 3 is 2.73 bits per heavy atom. The molecule has 15 heavy (non-hydrogen) atoms. The van der Waals surface area contributed by atoms with E-state index in [2.05, 4.69) is 0 Å². The fourth-order valence-corrected chi connectivity index (χ4v) is 1.59. The molecule has 0 amide bonds. The molecule has 3 heteroatoms. The van der Waals surface area contributed by atoms with Gasteiger partial charge in [0.2, 0.25) is 0 Å². The third kappa shape index (κ3) is 3.22. The highest BCUT2D eigenvalue weighted by Gasteiger charge is 2.08. The van der Waals surface area contributed by atoms with Gasteiger partial charge in [0.1, 0.15) is 5.75 Å². The van der Waals surface area contributed by atoms with Crippen molar-refractivity contribution in [2.24, 2.45) is 5.73 Å². The number of methoxy groups -OCH3 is 1. The second-order valence-electron chi connectivity index (χ2n) is 3.68. The van der Waals surface area contributed by atoms with Gasteiger partial charge in [-0.3, -0.25) is 0 Å². The Bertz CT molecular complexity index is 312. The van der Waals surface area contributed by atoms with Crippen molar-refractivity contribution in [3.8, 4) is 5.75 Å². The molecule has 0 heterocycles. The number of ether oxygens (including phenoxy) is 1. The molecule has 0 saturated heterocycles. The smallest absolute Gasteiger partial charge is 0.121 e. The Balaban J connectivity index is 2.73. The summed E-state index contributed by atoms with van der Waals surface area (Å²) >= 11 is 0. The molecular weight excluding hydrogens is 190 g/mol. The SMILES string of the molecule is COc1ccc(C(O)CCCN)cc1C. The van der Waals surface area contributed by atoms with Gasteiger partial charge < -0.3 is 15.6 Å². The summed E-state index contributed by atoms with van der Waals surface area (Å²) in [7, 11) is 1.65. The van der Waals surface area contributed by atoms with Crippen LogP contribution < -0.4 is 10.5 Å². The fraction of sp³-hybridized carbons (Fsp3) is 0.500. The van der Waals surface area contributed by atoms with E-state index in [-0.39, 0.29) is 0 Å². The van der Waals surface area contributed by atoms with Gasteiger partial charge in [0.15, 0.2) is 0 Å². The molecule has 3 nitrogen and oxygen atoms in total. The maximum atomic E-state index is 9.84. The first-order valence-corrected chi connectivity index (χ1v) is 5.21. The fourth-order valence-electron chi connectivity index (χ4n) is 1.59. The van der Waals surface area contributed by atoms with Gasteiger partial charge in [-0.05, 0) is 49.6 Å². The number of aliphatic hydroxyl groups is 1. The van der Waals surface area contributed by atoms with Crippen molar-refractivity contribution in [3.63, 3.8) is 0 Å². The van der Waals surface area contributed by atoms with Gasteiger partial charge in [-0.15, -0.1) is 0 Å². The van der Waals surface area contributed by atoms with E-state index in [1.165, 1.54) is 0 Å². The van der Waals surface area contributed by atoms with Crippen LogP contribution in [-0.4, -0.2) is 18.8 Å². The van der Waals surface area contributed by atoms with Crippen LogP contribution in [0, 0.1) is 6.92 Å². The molecule has 0 aromatic heterocycles. The molecule has 0 fully saturated rings. The summed E-state index contributed by atoms with van der Waals surface area (Å²) in [5, 5.41) is 9.84. The highest BCUT2D eigenvalue weighted by molar-refractivity contribution is 5.36. The van der Waals surface area contributed by atoms with Gasteiger partial charge in [-0.25, -0.2) is 0 Å². The molecular formula is C12H19NO2. The lowest BCUT2D eigenvalue weighted by atomic mass is 10.0. The summed E-state index contributed by atoms with van der Waals surface area (Å²) in [6.07, 6.45) is 1.13. The molecule has 0 spiro atoms. The number of aliphatic hydroxyl groups excluding tert-OH is 1. The van der Waals surface area contributed by atoms with Crippen LogP contribution in [0.3, 0.4) is 0 Å². The lowest BCUT2D eigenvalue weighted by molar-refractivity contribution is 0.165. The summed E-state index contributed by atoms with van der Waals surface area (Å²) in [5.74, 6) is 0.852. The van der Waals surface area contributed by atoms with Gasteiger partial charge in [-0.2, -0.15) is 0 Å². The first-order valence-electron chi connectivity index (χ1n) is 5.21. The number of benzene rings is 1. The molecule has 84 valence electrons. The number of hydrogen-bond acceptors (Lipinski definition) is 3. The van der Waals surface area contributed by atoms with Crippen LogP contribution in [0.25, 0.3) is 0 Å². The molecule has 1 aromatic carbocycles. The summed E-state index contributed by atoms with van der Waals surface area (Å²) < 4.78 is 5.16. The average Bonchev–Trinajstić information content (AvgIpc) is 2.25. The van der Waals surface area contributed by atoms with Gasteiger partial charge in [-0.1, -0.05) is 6.07 Å². The van der Waals surface area contributed by atoms with Crippen LogP contribution in [0.15, 0.2) is 18.2 Å². The normalized spacial score (nSPS) is 12.5. The first kappa shape index (κ1) is 12.0.